The number of ether oxygens (including phenoxy) is 1. The third kappa shape index (κ3) is 4.49. The van der Waals surface area contributed by atoms with Crippen LogP contribution >= 0.6 is 0 Å². The average Bonchev–Trinajstić information content (AvgIpc) is 2.39. The van der Waals surface area contributed by atoms with Crippen LogP contribution < -0.4 is 4.74 Å². The minimum atomic E-state index is -3.04. The predicted molar refractivity (Wildman–Crippen MR) is 74.8 cm³/mol. The molecule has 106 valence electrons. The molecule has 0 bridgehead atoms. The van der Waals surface area contributed by atoms with Gasteiger partial charge in [-0.1, -0.05) is 18.2 Å². The van der Waals surface area contributed by atoms with Crippen LogP contribution in [0.25, 0.3) is 0 Å². The number of benzene rings is 1. The highest BCUT2D eigenvalue weighted by molar-refractivity contribution is 7.88. The topological polar surface area (TPSA) is 49.9 Å². The molecule has 0 unspecified atom stereocenters. The van der Waals surface area contributed by atoms with Crippen molar-refractivity contribution in [1.29, 1.82) is 0 Å². The van der Waals surface area contributed by atoms with Gasteiger partial charge in [0, 0.05) is 32.7 Å². The average molecular weight is 284 g/mol. The first-order chi connectivity index (χ1) is 9.05. The summed E-state index contributed by atoms with van der Waals surface area (Å²) >= 11 is 0. The van der Waals surface area contributed by atoms with Crippen molar-refractivity contribution in [2.24, 2.45) is 0 Å². The number of rotatable bonds is 5. The lowest BCUT2D eigenvalue weighted by Crippen LogP contribution is -2.49. The molecule has 0 amide bonds. The van der Waals surface area contributed by atoms with E-state index in [2.05, 4.69) is 4.90 Å². The van der Waals surface area contributed by atoms with Gasteiger partial charge in [0.2, 0.25) is 10.0 Å². The number of piperazine rings is 1. The lowest BCUT2D eigenvalue weighted by Gasteiger charge is -2.33. The molecule has 0 spiro atoms. The van der Waals surface area contributed by atoms with Crippen molar-refractivity contribution in [3.8, 4) is 5.75 Å². The van der Waals surface area contributed by atoms with Gasteiger partial charge in [-0.3, -0.25) is 4.90 Å². The highest BCUT2D eigenvalue weighted by Crippen LogP contribution is 2.09. The molecule has 1 saturated heterocycles. The first-order valence-electron chi connectivity index (χ1n) is 6.41. The molecule has 0 saturated carbocycles. The van der Waals surface area contributed by atoms with Gasteiger partial charge in [-0.15, -0.1) is 0 Å². The van der Waals surface area contributed by atoms with E-state index in [1.54, 1.807) is 0 Å². The Bertz CT molecular complexity index is 482. The molecule has 0 aliphatic carbocycles. The standard InChI is InChI=1S/C13H20N2O3S/c1-19(16,17)15-9-7-14(8-10-15)11-12-18-13-5-3-2-4-6-13/h2-6H,7-12H2,1H3. The van der Waals surface area contributed by atoms with E-state index in [0.29, 0.717) is 19.7 Å². The molecule has 0 radical (unpaired) electrons. The zero-order valence-electron chi connectivity index (χ0n) is 11.2. The zero-order valence-corrected chi connectivity index (χ0v) is 12.0. The summed E-state index contributed by atoms with van der Waals surface area (Å²) in [5, 5.41) is 0. The monoisotopic (exact) mass is 284 g/mol. The summed E-state index contributed by atoms with van der Waals surface area (Å²) in [6, 6.07) is 9.71. The maximum atomic E-state index is 11.4. The van der Waals surface area contributed by atoms with Crippen molar-refractivity contribution in [3.63, 3.8) is 0 Å². The van der Waals surface area contributed by atoms with E-state index in [1.165, 1.54) is 10.6 Å². The van der Waals surface area contributed by atoms with Gasteiger partial charge in [-0.25, -0.2) is 8.42 Å². The van der Waals surface area contributed by atoms with E-state index >= 15 is 0 Å². The largest absolute Gasteiger partial charge is 0.492 e. The SMILES string of the molecule is CS(=O)(=O)N1CCN(CCOc2ccccc2)CC1. The summed E-state index contributed by atoms with van der Waals surface area (Å²) < 4.78 is 29.9. The van der Waals surface area contributed by atoms with Crippen LogP contribution in [-0.2, 0) is 10.0 Å². The molecule has 1 aliphatic heterocycles. The molecule has 2 rings (SSSR count). The van der Waals surface area contributed by atoms with Crippen LogP contribution in [0.2, 0.25) is 0 Å². The molecular formula is C13H20N2O3S. The van der Waals surface area contributed by atoms with Gasteiger partial charge in [-0.2, -0.15) is 4.31 Å². The molecule has 1 aromatic rings. The van der Waals surface area contributed by atoms with E-state index in [0.717, 1.165) is 25.4 Å². The Hall–Kier alpha value is -1.11. The van der Waals surface area contributed by atoms with Crippen LogP contribution in [0.5, 0.6) is 5.75 Å². The number of sulfonamides is 1. The van der Waals surface area contributed by atoms with Crippen LogP contribution in [0.1, 0.15) is 0 Å². The predicted octanol–water partition coefficient (Wildman–Crippen LogP) is 0.643. The van der Waals surface area contributed by atoms with Crippen molar-refractivity contribution >= 4 is 10.0 Å². The second-order valence-electron chi connectivity index (χ2n) is 4.67. The van der Waals surface area contributed by atoms with E-state index in [-0.39, 0.29) is 0 Å². The van der Waals surface area contributed by atoms with Crippen molar-refractivity contribution in [1.82, 2.24) is 9.21 Å². The first-order valence-corrected chi connectivity index (χ1v) is 8.26. The maximum Gasteiger partial charge on any atom is 0.211 e. The molecule has 0 aromatic heterocycles. The molecule has 1 fully saturated rings. The number of para-hydroxylation sites is 1. The van der Waals surface area contributed by atoms with Gasteiger partial charge in [0.1, 0.15) is 12.4 Å². The van der Waals surface area contributed by atoms with E-state index in [4.69, 9.17) is 4.74 Å². The molecule has 0 N–H and O–H groups in total. The Labute approximate surface area is 114 Å². The van der Waals surface area contributed by atoms with Crippen LogP contribution in [0, 0.1) is 0 Å². The normalized spacial score (nSPS) is 18.4. The Kier molecular flexibility index (Phi) is 4.79. The molecule has 19 heavy (non-hydrogen) atoms. The first kappa shape index (κ1) is 14.3. The van der Waals surface area contributed by atoms with Gasteiger partial charge >= 0.3 is 0 Å². The fourth-order valence-corrected chi connectivity index (χ4v) is 2.92. The summed E-state index contributed by atoms with van der Waals surface area (Å²) in [7, 11) is -3.04. The van der Waals surface area contributed by atoms with Crippen molar-refractivity contribution < 1.29 is 13.2 Å². The minimum Gasteiger partial charge on any atom is -0.492 e. The lowest BCUT2D eigenvalue weighted by molar-refractivity contribution is 0.159. The quantitative estimate of drug-likeness (QED) is 0.796. The fourth-order valence-electron chi connectivity index (χ4n) is 2.09. The maximum absolute atomic E-state index is 11.4. The van der Waals surface area contributed by atoms with Crippen LogP contribution in [0.15, 0.2) is 30.3 Å². The van der Waals surface area contributed by atoms with Crippen molar-refractivity contribution in [2.45, 2.75) is 0 Å². The summed E-state index contributed by atoms with van der Waals surface area (Å²) in [4.78, 5) is 2.23. The van der Waals surface area contributed by atoms with Crippen molar-refractivity contribution in [2.75, 3.05) is 45.6 Å². The smallest absolute Gasteiger partial charge is 0.211 e. The van der Waals surface area contributed by atoms with Crippen LogP contribution in [0.4, 0.5) is 0 Å². The molecule has 1 aliphatic rings. The third-order valence-corrected chi connectivity index (χ3v) is 4.52. The lowest BCUT2D eigenvalue weighted by atomic mass is 10.3. The second-order valence-corrected chi connectivity index (χ2v) is 6.65. The van der Waals surface area contributed by atoms with Gasteiger partial charge in [0.15, 0.2) is 0 Å². The van der Waals surface area contributed by atoms with Gasteiger partial charge in [0.25, 0.3) is 0 Å². The zero-order chi connectivity index (χ0) is 13.7. The van der Waals surface area contributed by atoms with Crippen molar-refractivity contribution in [3.05, 3.63) is 30.3 Å². The number of hydrogen-bond acceptors (Lipinski definition) is 4. The fraction of sp³-hybridized carbons (Fsp3) is 0.538. The molecule has 1 aromatic carbocycles. The van der Waals surface area contributed by atoms with Crippen LogP contribution in [-0.4, -0.2) is 63.2 Å². The summed E-state index contributed by atoms with van der Waals surface area (Å²) in [5.41, 5.74) is 0. The summed E-state index contributed by atoms with van der Waals surface area (Å²) in [6.45, 7) is 4.14. The number of nitrogens with zero attached hydrogens (tertiary/aromatic N) is 2. The van der Waals surface area contributed by atoms with Gasteiger partial charge < -0.3 is 4.74 Å². The number of hydrogen-bond donors (Lipinski definition) is 0. The highest BCUT2D eigenvalue weighted by Gasteiger charge is 2.22. The molecule has 1 heterocycles. The second kappa shape index (κ2) is 6.36. The Balaban J connectivity index is 1.69. The molecular weight excluding hydrogens is 264 g/mol. The van der Waals surface area contributed by atoms with Crippen LogP contribution in [0.3, 0.4) is 0 Å². The van der Waals surface area contributed by atoms with E-state index < -0.39 is 10.0 Å². The minimum absolute atomic E-state index is 0.574. The Morgan fingerprint density at radius 2 is 1.74 bits per heavy atom. The highest BCUT2D eigenvalue weighted by atomic mass is 32.2. The molecule has 0 atom stereocenters. The Morgan fingerprint density at radius 3 is 2.32 bits per heavy atom. The van der Waals surface area contributed by atoms with E-state index in [9.17, 15) is 8.42 Å². The van der Waals surface area contributed by atoms with Gasteiger partial charge in [0.05, 0.1) is 6.26 Å². The summed E-state index contributed by atoms with van der Waals surface area (Å²) in [6.07, 6.45) is 1.27. The summed E-state index contributed by atoms with van der Waals surface area (Å²) in [5.74, 6) is 0.872. The Morgan fingerprint density at radius 1 is 1.11 bits per heavy atom. The molecule has 6 heteroatoms. The molecule has 5 nitrogen and oxygen atoms in total. The van der Waals surface area contributed by atoms with Gasteiger partial charge in [-0.05, 0) is 12.1 Å². The third-order valence-electron chi connectivity index (χ3n) is 3.22. The van der Waals surface area contributed by atoms with E-state index in [1.807, 2.05) is 30.3 Å².